The van der Waals surface area contributed by atoms with Crippen molar-refractivity contribution in [3.8, 4) is 11.1 Å². The molecule has 0 bridgehead atoms. The van der Waals surface area contributed by atoms with E-state index in [1.807, 2.05) is 0 Å². The van der Waals surface area contributed by atoms with Gasteiger partial charge in [0.25, 0.3) is 0 Å². The summed E-state index contributed by atoms with van der Waals surface area (Å²) in [5, 5.41) is 5.02. The molecule has 1 aliphatic rings. The van der Waals surface area contributed by atoms with Gasteiger partial charge in [0.2, 0.25) is 0 Å². The van der Waals surface area contributed by atoms with Crippen molar-refractivity contribution in [2.24, 2.45) is 0 Å². The summed E-state index contributed by atoms with van der Waals surface area (Å²) in [7, 11) is 0. The molecular weight excluding hydrogens is 380 g/mol. The van der Waals surface area contributed by atoms with Gasteiger partial charge in [-0.1, -0.05) is 31.5 Å². The van der Waals surface area contributed by atoms with Gasteiger partial charge in [0.15, 0.2) is 5.65 Å². The molecule has 0 amide bonds. The first-order valence-corrected chi connectivity index (χ1v) is 10.6. The standard InChI is InChI=1S/C24H32N4.ClH/c1-8-19(9-2)27-11-10-20-17(6)25-23-22(18(7)26-28(23)24(20)27)21-15(4)12-14(3)13-16(21)5;/h12-13,19H,8-11H2,1-7H3;1H. The number of aromatic nitrogens is 3. The van der Waals surface area contributed by atoms with Crippen LogP contribution in [0.1, 0.15) is 60.3 Å². The third-order valence-corrected chi connectivity index (χ3v) is 6.40. The summed E-state index contributed by atoms with van der Waals surface area (Å²) in [6, 6.07) is 5.09. The van der Waals surface area contributed by atoms with Crippen molar-refractivity contribution in [3.63, 3.8) is 0 Å². The zero-order chi connectivity index (χ0) is 20.2. The van der Waals surface area contributed by atoms with Crippen molar-refractivity contribution in [2.45, 2.75) is 73.8 Å². The Bertz CT molecular complexity index is 1040. The quantitative estimate of drug-likeness (QED) is 0.533. The molecule has 0 unspecified atom stereocenters. The van der Waals surface area contributed by atoms with Crippen LogP contribution in [-0.4, -0.2) is 27.2 Å². The number of halogens is 1. The van der Waals surface area contributed by atoms with E-state index in [0.717, 1.165) is 42.8 Å². The van der Waals surface area contributed by atoms with E-state index >= 15 is 0 Å². The van der Waals surface area contributed by atoms with Gasteiger partial charge >= 0.3 is 0 Å². The van der Waals surface area contributed by atoms with Crippen LogP contribution >= 0.6 is 12.4 Å². The van der Waals surface area contributed by atoms with Crippen molar-refractivity contribution in [3.05, 3.63) is 45.8 Å². The minimum absolute atomic E-state index is 0. The lowest BCUT2D eigenvalue weighted by Gasteiger charge is -2.28. The van der Waals surface area contributed by atoms with E-state index in [-0.39, 0.29) is 12.4 Å². The molecule has 5 heteroatoms. The van der Waals surface area contributed by atoms with Gasteiger partial charge in [-0.05, 0) is 70.6 Å². The molecule has 0 saturated carbocycles. The van der Waals surface area contributed by atoms with Crippen LogP contribution in [0.2, 0.25) is 0 Å². The first-order valence-electron chi connectivity index (χ1n) is 10.6. The molecule has 2 aromatic heterocycles. The third kappa shape index (κ3) is 3.31. The zero-order valence-corrected chi connectivity index (χ0v) is 19.6. The monoisotopic (exact) mass is 412 g/mol. The maximum absolute atomic E-state index is 5.07. The first-order chi connectivity index (χ1) is 13.4. The van der Waals surface area contributed by atoms with Gasteiger partial charge in [0.05, 0.1) is 11.3 Å². The predicted octanol–water partition coefficient (Wildman–Crippen LogP) is 5.91. The maximum Gasteiger partial charge on any atom is 0.165 e. The number of hydrogen-bond acceptors (Lipinski definition) is 3. The Labute approximate surface area is 180 Å². The SMILES string of the molecule is CCC(CC)N1CCc2c(C)nc3c(-c4c(C)cc(C)cc4C)c(C)nn3c21.Cl. The van der Waals surface area contributed by atoms with Crippen molar-refractivity contribution in [1.82, 2.24) is 14.6 Å². The average Bonchev–Trinajstić information content (AvgIpc) is 3.19. The molecule has 0 saturated heterocycles. The average molecular weight is 413 g/mol. The minimum Gasteiger partial charge on any atom is -0.353 e. The highest BCUT2D eigenvalue weighted by molar-refractivity contribution is 5.86. The van der Waals surface area contributed by atoms with Crippen LogP contribution in [0.25, 0.3) is 16.8 Å². The van der Waals surface area contributed by atoms with Crippen LogP contribution in [-0.2, 0) is 6.42 Å². The Morgan fingerprint density at radius 1 is 0.931 bits per heavy atom. The molecule has 0 radical (unpaired) electrons. The smallest absolute Gasteiger partial charge is 0.165 e. The zero-order valence-electron chi connectivity index (χ0n) is 18.8. The summed E-state index contributed by atoms with van der Waals surface area (Å²) < 4.78 is 2.14. The molecule has 3 aromatic rings. The highest BCUT2D eigenvalue weighted by atomic mass is 35.5. The number of nitrogens with zero attached hydrogens (tertiary/aromatic N) is 4. The van der Waals surface area contributed by atoms with E-state index in [4.69, 9.17) is 10.1 Å². The van der Waals surface area contributed by atoms with Crippen LogP contribution in [0.5, 0.6) is 0 Å². The molecule has 3 heterocycles. The largest absolute Gasteiger partial charge is 0.353 e. The van der Waals surface area contributed by atoms with Gasteiger partial charge in [-0.2, -0.15) is 9.61 Å². The van der Waals surface area contributed by atoms with Crippen LogP contribution in [0.15, 0.2) is 12.1 Å². The highest BCUT2D eigenvalue weighted by Gasteiger charge is 2.31. The highest BCUT2D eigenvalue weighted by Crippen LogP contribution is 2.39. The number of rotatable bonds is 4. The number of benzene rings is 1. The molecule has 1 aromatic carbocycles. The molecule has 29 heavy (non-hydrogen) atoms. The summed E-state index contributed by atoms with van der Waals surface area (Å²) in [5.41, 5.74) is 11.0. The molecular formula is C24H33ClN4. The van der Waals surface area contributed by atoms with Crippen molar-refractivity contribution in [2.75, 3.05) is 11.4 Å². The summed E-state index contributed by atoms with van der Waals surface area (Å²) in [6.07, 6.45) is 3.38. The van der Waals surface area contributed by atoms with Crippen LogP contribution in [0.3, 0.4) is 0 Å². The Morgan fingerprint density at radius 3 is 2.14 bits per heavy atom. The second kappa shape index (κ2) is 7.98. The molecule has 0 atom stereocenters. The van der Waals surface area contributed by atoms with Gasteiger partial charge < -0.3 is 4.90 Å². The molecule has 156 valence electrons. The fourth-order valence-electron chi connectivity index (χ4n) is 5.16. The summed E-state index contributed by atoms with van der Waals surface area (Å²) in [5.74, 6) is 1.27. The fraction of sp³-hybridized carbons (Fsp3) is 0.500. The second-order valence-corrected chi connectivity index (χ2v) is 8.38. The predicted molar refractivity (Wildman–Crippen MR) is 125 cm³/mol. The third-order valence-electron chi connectivity index (χ3n) is 6.40. The maximum atomic E-state index is 5.07. The summed E-state index contributed by atoms with van der Waals surface area (Å²) in [6.45, 7) is 16.5. The number of aryl methyl sites for hydroxylation is 5. The molecule has 0 spiro atoms. The van der Waals surface area contributed by atoms with E-state index < -0.39 is 0 Å². The Morgan fingerprint density at radius 2 is 1.55 bits per heavy atom. The number of fused-ring (bicyclic) bond motifs is 3. The second-order valence-electron chi connectivity index (χ2n) is 8.38. The molecule has 0 aliphatic carbocycles. The van der Waals surface area contributed by atoms with Crippen molar-refractivity contribution < 1.29 is 0 Å². The Balaban J connectivity index is 0.00000240. The van der Waals surface area contributed by atoms with Gasteiger partial charge in [0.1, 0.15) is 5.82 Å². The normalized spacial score (nSPS) is 13.3. The molecule has 0 N–H and O–H groups in total. The van der Waals surface area contributed by atoms with Crippen LogP contribution in [0, 0.1) is 34.6 Å². The number of anilines is 1. The summed E-state index contributed by atoms with van der Waals surface area (Å²) in [4.78, 5) is 7.64. The topological polar surface area (TPSA) is 33.4 Å². The molecule has 4 rings (SSSR count). The lowest BCUT2D eigenvalue weighted by atomic mass is 9.94. The fourth-order valence-corrected chi connectivity index (χ4v) is 5.16. The van der Waals surface area contributed by atoms with Crippen LogP contribution < -0.4 is 4.90 Å². The first kappa shape index (κ1) is 21.6. The minimum atomic E-state index is 0. The number of hydrogen-bond donors (Lipinski definition) is 0. The summed E-state index contributed by atoms with van der Waals surface area (Å²) >= 11 is 0. The van der Waals surface area contributed by atoms with Gasteiger partial charge in [-0.3, -0.25) is 0 Å². The van der Waals surface area contributed by atoms with E-state index in [1.165, 1.54) is 39.2 Å². The van der Waals surface area contributed by atoms with E-state index in [1.54, 1.807) is 0 Å². The lowest BCUT2D eigenvalue weighted by molar-refractivity contribution is 0.563. The van der Waals surface area contributed by atoms with Gasteiger partial charge in [-0.15, -0.1) is 12.4 Å². The van der Waals surface area contributed by atoms with Gasteiger partial charge in [0, 0.05) is 23.8 Å². The molecule has 0 fully saturated rings. The van der Waals surface area contributed by atoms with Gasteiger partial charge in [-0.25, -0.2) is 4.98 Å². The lowest BCUT2D eigenvalue weighted by Crippen LogP contribution is -2.34. The molecule has 4 nitrogen and oxygen atoms in total. The van der Waals surface area contributed by atoms with E-state index in [9.17, 15) is 0 Å². The van der Waals surface area contributed by atoms with E-state index in [2.05, 4.69) is 70.0 Å². The Hall–Kier alpha value is -2.07. The Kier molecular flexibility index (Phi) is 5.96. The van der Waals surface area contributed by atoms with Crippen molar-refractivity contribution in [1.29, 1.82) is 0 Å². The van der Waals surface area contributed by atoms with E-state index in [0.29, 0.717) is 6.04 Å². The van der Waals surface area contributed by atoms with Crippen molar-refractivity contribution >= 4 is 23.9 Å². The molecule has 1 aliphatic heterocycles. The van der Waals surface area contributed by atoms with Crippen LogP contribution in [0.4, 0.5) is 5.82 Å².